The SMILES string of the molecule is C[C@H](NC1CCOC(C)(C)C1)c1cccc(Br)c1. The molecule has 0 aliphatic carbocycles. The molecular formula is C15H22BrNO. The largest absolute Gasteiger partial charge is 0.375 e. The zero-order valence-corrected chi connectivity index (χ0v) is 13.0. The van der Waals surface area contributed by atoms with Crippen molar-refractivity contribution < 1.29 is 4.74 Å². The van der Waals surface area contributed by atoms with Gasteiger partial charge in [-0.05, 0) is 51.3 Å². The van der Waals surface area contributed by atoms with E-state index in [-0.39, 0.29) is 5.60 Å². The number of rotatable bonds is 3. The van der Waals surface area contributed by atoms with Gasteiger partial charge in [0.1, 0.15) is 0 Å². The van der Waals surface area contributed by atoms with Crippen molar-refractivity contribution in [3.8, 4) is 0 Å². The van der Waals surface area contributed by atoms with Gasteiger partial charge in [0.25, 0.3) is 0 Å². The van der Waals surface area contributed by atoms with Gasteiger partial charge >= 0.3 is 0 Å². The van der Waals surface area contributed by atoms with Crippen LogP contribution in [0, 0.1) is 0 Å². The summed E-state index contributed by atoms with van der Waals surface area (Å²) in [5.74, 6) is 0. The summed E-state index contributed by atoms with van der Waals surface area (Å²) in [6.45, 7) is 7.43. The number of ether oxygens (including phenoxy) is 1. The third kappa shape index (κ3) is 3.81. The fourth-order valence-corrected chi connectivity index (χ4v) is 3.02. The Kier molecular flexibility index (Phi) is 4.46. The van der Waals surface area contributed by atoms with Crippen LogP contribution in [0.4, 0.5) is 0 Å². The first-order valence-corrected chi connectivity index (χ1v) is 7.41. The van der Waals surface area contributed by atoms with Gasteiger partial charge in [0, 0.05) is 23.2 Å². The molecule has 1 aliphatic heterocycles. The monoisotopic (exact) mass is 311 g/mol. The minimum absolute atomic E-state index is 0.00685. The first-order valence-electron chi connectivity index (χ1n) is 6.62. The van der Waals surface area contributed by atoms with Gasteiger partial charge in [-0.2, -0.15) is 0 Å². The van der Waals surface area contributed by atoms with Gasteiger partial charge in [0.15, 0.2) is 0 Å². The summed E-state index contributed by atoms with van der Waals surface area (Å²) < 4.78 is 6.89. The number of hydrogen-bond donors (Lipinski definition) is 1. The molecule has 1 N–H and O–H groups in total. The van der Waals surface area contributed by atoms with Gasteiger partial charge in [-0.1, -0.05) is 28.1 Å². The van der Waals surface area contributed by atoms with E-state index >= 15 is 0 Å². The minimum Gasteiger partial charge on any atom is -0.375 e. The van der Waals surface area contributed by atoms with E-state index in [1.165, 1.54) is 5.56 Å². The molecule has 0 aromatic heterocycles. The van der Waals surface area contributed by atoms with E-state index in [1.807, 2.05) is 0 Å². The molecule has 2 atom stereocenters. The lowest BCUT2D eigenvalue weighted by atomic mass is 9.93. The Balaban J connectivity index is 1.97. The number of nitrogens with one attached hydrogen (secondary N) is 1. The second kappa shape index (κ2) is 5.72. The van der Waals surface area contributed by atoms with Crippen LogP contribution in [0.3, 0.4) is 0 Å². The van der Waals surface area contributed by atoms with Crippen molar-refractivity contribution in [3.05, 3.63) is 34.3 Å². The van der Waals surface area contributed by atoms with Crippen LogP contribution in [-0.2, 0) is 4.74 Å². The van der Waals surface area contributed by atoms with E-state index in [0.717, 1.165) is 23.9 Å². The Hall–Kier alpha value is -0.380. The average Bonchev–Trinajstić information content (AvgIpc) is 2.27. The lowest BCUT2D eigenvalue weighted by molar-refractivity contribution is -0.0639. The molecule has 1 aromatic rings. The van der Waals surface area contributed by atoms with Crippen molar-refractivity contribution in [1.82, 2.24) is 5.32 Å². The summed E-state index contributed by atoms with van der Waals surface area (Å²) in [5.41, 5.74) is 1.33. The van der Waals surface area contributed by atoms with Gasteiger partial charge in [0.05, 0.1) is 5.60 Å². The van der Waals surface area contributed by atoms with E-state index < -0.39 is 0 Å². The number of halogens is 1. The van der Waals surface area contributed by atoms with E-state index in [4.69, 9.17) is 4.74 Å². The quantitative estimate of drug-likeness (QED) is 0.909. The molecular weight excluding hydrogens is 290 g/mol. The molecule has 18 heavy (non-hydrogen) atoms. The standard InChI is InChI=1S/C15H22BrNO/c1-11(12-5-4-6-13(16)9-12)17-14-7-8-18-15(2,3)10-14/h4-6,9,11,14,17H,7-8,10H2,1-3H3/t11-,14?/m0/s1. The molecule has 1 unspecified atom stereocenters. The Bertz CT molecular complexity index is 405. The van der Waals surface area contributed by atoms with Gasteiger partial charge in [-0.3, -0.25) is 0 Å². The summed E-state index contributed by atoms with van der Waals surface area (Å²) in [5, 5.41) is 3.72. The van der Waals surface area contributed by atoms with Gasteiger partial charge in [-0.25, -0.2) is 0 Å². The Labute approximate surface area is 118 Å². The fourth-order valence-electron chi connectivity index (χ4n) is 2.60. The van der Waals surface area contributed by atoms with Crippen molar-refractivity contribution in [3.63, 3.8) is 0 Å². The number of hydrogen-bond acceptors (Lipinski definition) is 2. The van der Waals surface area contributed by atoms with Crippen LogP contribution in [-0.4, -0.2) is 18.2 Å². The summed E-state index contributed by atoms with van der Waals surface area (Å²) in [6.07, 6.45) is 2.17. The van der Waals surface area contributed by atoms with E-state index in [1.54, 1.807) is 0 Å². The third-order valence-corrected chi connectivity index (χ3v) is 4.02. The summed E-state index contributed by atoms with van der Waals surface area (Å²) in [6, 6.07) is 9.43. The molecule has 1 fully saturated rings. The van der Waals surface area contributed by atoms with Crippen LogP contribution in [0.15, 0.2) is 28.7 Å². The summed E-state index contributed by atoms with van der Waals surface area (Å²) in [4.78, 5) is 0. The summed E-state index contributed by atoms with van der Waals surface area (Å²) >= 11 is 3.53. The van der Waals surface area contributed by atoms with Crippen molar-refractivity contribution >= 4 is 15.9 Å². The maximum atomic E-state index is 5.75. The molecule has 0 saturated carbocycles. The molecule has 0 spiro atoms. The lowest BCUT2D eigenvalue weighted by Gasteiger charge is -2.37. The predicted molar refractivity (Wildman–Crippen MR) is 78.7 cm³/mol. The predicted octanol–water partition coefficient (Wildman–Crippen LogP) is 4.06. The molecule has 1 aliphatic rings. The van der Waals surface area contributed by atoms with Gasteiger partial charge in [0.2, 0.25) is 0 Å². The van der Waals surface area contributed by atoms with Crippen LogP contribution in [0.25, 0.3) is 0 Å². The molecule has 0 radical (unpaired) electrons. The normalized spacial score (nSPS) is 24.8. The van der Waals surface area contributed by atoms with Gasteiger partial charge < -0.3 is 10.1 Å². The van der Waals surface area contributed by atoms with Crippen LogP contribution >= 0.6 is 15.9 Å². The van der Waals surface area contributed by atoms with Crippen LogP contribution < -0.4 is 5.32 Å². The van der Waals surface area contributed by atoms with Crippen molar-refractivity contribution in [1.29, 1.82) is 0 Å². The Morgan fingerprint density at radius 3 is 2.89 bits per heavy atom. The molecule has 2 nitrogen and oxygen atoms in total. The fraction of sp³-hybridized carbons (Fsp3) is 0.600. The first-order chi connectivity index (χ1) is 8.46. The molecule has 1 heterocycles. The Morgan fingerprint density at radius 2 is 2.22 bits per heavy atom. The maximum Gasteiger partial charge on any atom is 0.0641 e. The van der Waals surface area contributed by atoms with Crippen LogP contribution in [0.1, 0.15) is 45.2 Å². The highest BCUT2D eigenvalue weighted by atomic mass is 79.9. The first kappa shape index (κ1) is 14.0. The van der Waals surface area contributed by atoms with E-state index in [0.29, 0.717) is 12.1 Å². The van der Waals surface area contributed by atoms with Crippen molar-refractivity contribution in [2.24, 2.45) is 0 Å². The van der Waals surface area contributed by atoms with Crippen LogP contribution in [0.2, 0.25) is 0 Å². The highest BCUT2D eigenvalue weighted by Gasteiger charge is 2.29. The molecule has 0 amide bonds. The zero-order chi connectivity index (χ0) is 13.2. The van der Waals surface area contributed by atoms with Crippen LogP contribution in [0.5, 0.6) is 0 Å². The molecule has 1 saturated heterocycles. The topological polar surface area (TPSA) is 21.3 Å². The Morgan fingerprint density at radius 1 is 1.44 bits per heavy atom. The third-order valence-electron chi connectivity index (χ3n) is 3.53. The average molecular weight is 312 g/mol. The minimum atomic E-state index is 0.00685. The second-order valence-corrected chi connectivity index (χ2v) is 6.66. The smallest absolute Gasteiger partial charge is 0.0641 e. The lowest BCUT2D eigenvalue weighted by Crippen LogP contribution is -2.44. The molecule has 3 heteroatoms. The van der Waals surface area contributed by atoms with E-state index in [2.05, 4.69) is 66.3 Å². The second-order valence-electron chi connectivity index (χ2n) is 5.74. The highest BCUT2D eigenvalue weighted by molar-refractivity contribution is 9.10. The van der Waals surface area contributed by atoms with Crippen molar-refractivity contribution in [2.45, 2.75) is 51.3 Å². The molecule has 100 valence electrons. The maximum absolute atomic E-state index is 5.75. The zero-order valence-electron chi connectivity index (χ0n) is 11.4. The van der Waals surface area contributed by atoms with Crippen molar-refractivity contribution in [2.75, 3.05) is 6.61 Å². The molecule has 2 rings (SSSR count). The molecule has 1 aromatic carbocycles. The van der Waals surface area contributed by atoms with E-state index in [9.17, 15) is 0 Å². The number of benzene rings is 1. The summed E-state index contributed by atoms with van der Waals surface area (Å²) in [7, 11) is 0. The molecule has 0 bridgehead atoms. The van der Waals surface area contributed by atoms with Gasteiger partial charge in [-0.15, -0.1) is 0 Å². The highest BCUT2D eigenvalue weighted by Crippen LogP contribution is 2.26.